The molecular formula is C8H8ClNO4S2. The van der Waals surface area contributed by atoms with Gasteiger partial charge in [0.1, 0.15) is 5.21 Å². The van der Waals surface area contributed by atoms with Crippen LogP contribution >= 0.6 is 23.4 Å². The molecule has 5 nitrogen and oxygen atoms in total. The number of halogens is 1. The molecule has 0 fully saturated rings. The first-order valence-electron chi connectivity index (χ1n) is 4.03. The lowest BCUT2D eigenvalue weighted by Crippen LogP contribution is -2.03. The molecule has 0 heterocycles. The predicted octanol–water partition coefficient (Wildman–Crippen LogP) is 2.29. The third-order valence-corrected chi connectivity index (χ3v) is 4.76. The maximum atomic E-state index is 11.4. The molecule has 88 valence electrons. The van der Waals surface area contributed by atoms with Gasteiger partial charge in [0.15, 0.2) is 9.84 Å². The number of benzene rings is 1. The number of hydrogen-bond acceptors (Lipinski definition) is 5. The van der Waals surface area contributed by atoms with Gasteiger partial charge >= 0.3 is 0 Å². The molecule has 0 amide bonds. The highest BCUT2D eigenvalue weighted by atomic mass is 35.5. The fraction of sp³-hybridized carbons (Fsp3) is 0.250. The molecule has 1 aromatic carbocycles. The first kappa shape index (κ1) is 13.3. The van der Waals surface area contributed by atoms with E-state index >= 15 is 0 Å². The van der Waals surface area contributed by atoms with Crippen molar-refractivity contribution in [1.29, 1.82) is 0 Å². The van der Waals surface area contributed by atoms with Gasteiger partial charge in [-0.15, -0.1) is 23.4 Å². The van der Waals surface area contributed by atoms with Crippen molar-refractivity contribution < 1.29 is 13.3 Å². The van der Waals surface area contributed by atoms with Gasteiger partial charge in [0.2, 0.25) is 0 Å². The van der Waals surface area contributed by atoms with Gasteiger partial charge in [0.05, 0.1) is 14.7 Å². The molecule has 16 heavy (non-hydrogen) atoms. The summed E-state index contributed by atoms with van der Waals surface area (Å²) in [6.07, 6.45) is 1.68. The van der Waals surface area contributed by atoms with Crippen LogP contribution in [0.4, 0.5) is 5.69 Å². The quantitative estimate of drug-likeness (QED) is 0.366. The van der Waals surface area contributed by atoms with Crippen LogP contribution < -0.4 is 0 Å². The van der Waals surface area contributed by atoms with E-state index in [0.29, 0.717) is 4.90 Å². The highest BCUT2D eigenvalue weighted by Gasteiger charge is 2.20. The van der Waals surface area contributed by atoms with Crippen molar-refractivity contribution in [2.45, 2.75) is 9.79 Å². The van der Waals surface area contributed by atoms with Crippen LogP contribution in [0, 0.1) is 10.1 Å². The van der Waals surface area contributed by atoms with Crippen LogP contribution in [0.15, 0.2) is 28.0 Å². The molecule has 0 radical (unpaired) electrons. The topological polar surface area (TPSA) is 77.3 Å². The minimum absolute atomic E-state index is 0.132. The van der Waals surface area contributed by atoms with Gasteiger partial charge in [0, 0.05) is 6.07 Å². The van der Waals surface area contributed by atoms with Crippen molar-refractivity contribution in [1.82, 2.24) is 0 Å². The fourth-order valence-corrected chi connectivity index (χ4v) is 2.69. The van der Waals surface area contributed by atoms with E-state index < -0.39 is 20.0 Å². The maximum Gasteiger partial charge on any atom is 0.284 e. The van der Waals surface area contributed by atoms with Crippen LogP contribution in [-0.2, 0) is 9.84 Å². The van der Waals surface area contributed by atoms with Crippen molar-refractivity contribution in [2.75, 3.05) is 11.5 Å². The molecule has 1 rings (SSSR count). The Hall–Kier alpha value is -0.790. The number of rotatable bonds is 4. The minimum atomic E-state index is -3.63. The van der Waals surface area contributed by atoms with E-state index in [4.69, 9.17) is 11.6 Å². The summed E-state index contributed by atoms with van der Waals surface area (Å²) in [6.45, 7) is 0. The molecule has 0 saturated carbocycles. The summed E-state index contributed by atoms with van der Waals surface area (Å²) in [7, 11) is -3.63. The zero-order chi connectivity index (χ0) is 12.3. The molecule has 0 spiro atoms. The van der Waals surface area contributed by atoms with Crippen LogP contribution in [0.25, 0.3) is 0 Å². The van der Waals surface area contributed by atoms with E-state index in [2.05, 4.69) is 0 Å². The summed E-state index contributed by atoms with van der Waals surface area (Å²) in [5.74, 6) is 0. The van der Waals surface area contributed by atoms with Crippen molar-refractivity contribution in [3.05, 3.63) is 28.3 Å². The summed E-state index contributed by atoms with van der Waals surface area (Å²) in [6, 6.07) is 3.75. The Bertz CT molecular complexity index is 515. The van der Waals surface area contributed by atoms with Crippen molar-refractivity contribution in [3.63, 3.8) is 0 Å². The van der Waals surface area contributed by atoms with E-state index in [1.54, 1.807) is 6.26 Å². The lowest BCUT2D eigenvalue weighted by atomic mass is 10.3. The third kappa shape index (κ3) is 2.66. The molecule has 0 aliphatic heterocycles. The Morgan fingerprint density at radius 3 is 2.56 bits per heavy atom. The van der Waals surface area contributed by atoms with E-state index in [1.165, 1.54) is 23.9 Å². The molecule has 0 saturated heterocycles. The lowest BCUT2D eigenvalue weighted by molar-refractivity contribution is -0.387. The number of nitrogens with zero attached hydrogens (tertiary/aromatic N) is 1. The van der Waals surface area contributed by atoms with Crippen molar-refractivity contribution in [3.8, 4) is 0 Å². The molecule has 0 N–H and O–H groups in total. The Balaban J connectivity index is 3.39. The number of nitro groups is 1. The second kappa shape index (κ2) is 5.03. The molecule has 0 bridgehead atoms. The highest BCUT2D eigenvalue weighted by molar-refractivity contribution is 7.98. The van der Waals surface area contributed by atoms with E-state index in [-0.39, 0.29) is 10.6 Å². The normalized spacial score (nSPS) is 11.4. The molecule has 0 aliphatic rings. The average Bonchev–Trinajstić information content (AvgIpc) is 2.28. The molecule has 0 aromatic heterocycles. The van der Waals surface area contributed by atoms with Gasteiger partial charge < -0.3 is 0 Å². The van der Waals surface area contributed by atoms with Gasteiger partial charge in [-0.1, -0.05) is 0 Å². The molecule has 0 unspecified atom stereocenters. The number of thioether (sulfide) groups is 1. The predicted molar refractivity (Wildman–Crippen MR) is 62.8 cm³/mol. The van der Waals surface area contributed by atoms with Gasteiger partial charge in [-0.05, 0) is 18.4 Å². The second-order valence-corrected chi connectivity index (χ2v) is 6.24. The molecule has 0 atom stereocenters. The number of sulfone groups is 1. The number of alkyl halides is 1. The zero-order valence-corrected chi connectivity index (χ0v) is 10.6. The lowest BCUT2D eigenvalue weighted by Gasteiger charge is -2.03. The summed E-state index contributed by atoms with van der Waals surface area (Å²) in [4.78, 5) is 10.4. The second-order valence-electron chi connectivity index (χ2n) is 2.81. The molecule has 1 aromatic rings. The van der Waals surface area contributed by atoms with Crippen molar-refractivity contribution >= 4 is 38.9 Å². The first-order chi connectivity index (χ1) is 7.42. The smallest absolute Gasteiger partial charge is 0.258 e. The van der Waals surface area contributed by atoms with E-state index in [1.807, 2.05) is 0 Å². The van der Waals surface area contributed by atoms with Gasteiger partial charge in [0.25, 0.3) is 5.69 Å². The monoisotopic (exact) mass is 281 g/mol. The van der Waals surface area contributed by atoms with Gasteiger partial charge in [-0.3, -0.25) is 10.1 Å². The summed E-state index contributed by atoms with van der Waals surface area (Å²) < 4.78 is 22.8. The molecule has 0 aliphatic carbocycles. The summed E-state index contributed by atoms with van der Waals surface area (Å²) >= 11 is 6.45. The number of nitro benzene ring substituents is 1. The van der Waals surface area contributed by atoms with Crippen molar-refractivity contribution in [2.24, 2.45) is 0 Å². The Morgan fingerprint density at radius 2 is 2.12 bits per heavy atom. The third-order valence-electron chi connectivity index (χ3n) is 1.85. The Kier molecular flexibility index (Phi) is 4.17. The Morgan fingerprint density at radius 1 is 1.50 bits per heavy atom. The minimum Gasteiger partial charge on any atom is -0.258 e. The van der Waals surface area contributed by atoms with Crippen LogP contribution in [0.3, 0.4) is 0 Å². The molecular weight excluding hydrogens is 274 g/mol. The Labute approximate surface area is 102 Å². The van der Waals surface area contributed by atoms with E-state index in [0.717, 1.165) is 6.07 Å². The summed E-state index contributed by atoms with van der Waals surface area (Å²) in [5.41, 5.74) is -0.223. The maximum absolute atomic E-state index is 11.4. The van der Waals surface area contributed by atoms with Crippen LogP contribution in [0.5, 0.6) is 0 Å². The largest absolute Gasteiger partial charge is 0.284 e. The first-order valence-corrected chi connectivity index (χ1v) is 7.44. The highest BCUT2D eigenvalue weighted by Crippen LogP contribution is 2.30. The van der Waals surface area contributed by atoms with Crippen LogP contribution in [0.1, 0.15) is 0 Å². The molecule has 8 heteroatoms. The average molecular weight is 282 g/mol. The fourth-order valence-electron chi connectivity index (χ4n) is 1.07. The number of hydrogen-bond donors (Lipinski definition) is 0. The van der Waals surface area contributed by atoms with E-state index in [9.17, 15) is 18.5 Å². The summed E-state index contributed by atoms with van der Waals surface area (Å²) in [5, 5.41) is 10.1. The van der Waals surface area contributed by atoms with Gasteiger partial charge in [-0.25, -0.2) is 8.42 Å². The standard InChI is InChI=1S/C8H8ClNO4S2/c1-15-8-3-2-6(16(13,14)5-9)4-7(8)10(11)12/h2-4H,5H2,1H3. The zero-order valence-electron chi connectivity index (χ0n) is 8.21. The van der Waals surface area contributed by atoms with Crippen LogP contribution in [-0.4, -0.2) is 24.8 Å². The SMILES string of the molecule is CSc1ccc(S(=O)(=O)CCl)cc1[N+](=O)[O-]. The van der Waals surface area contributed by atoms with Gasteiger partial charge in [-0.2, -0.15) is 0 Å². The van der Waals surface area contributed by atoms with Crippen LogP contribution in [0.2, 0.25) is 0 Å².